The summed E-state index contributed by atoms with van der Waals surface area (Å²) >= 11 is 0. The smallest absolute Gasteiger partial charge is 0.241 e. The lowest BCUT2D eigenvalue weighted by atomic mass is 9.96. The Morgan fingerprint density at radius 3 is 3.04 bits per heavy atom. The van der Waals surface area contributed by atoms with Crippen LogP contribution in [0.3, 0.4) is 0 Å². The zero-order chi connectivity index (χ0) is 17.8. The number of carbonyl (C=O) groups is 2. The number of nitrogens with zero attached hydrogens (tertiary/aromatic N) is 2. The van der Waals surface area contributed by atoms with Crippen molar-refractivity contribution in [3.63, 3.8) is 0 Å². The number of carbonyl (C=O) groups excluding carboxylic acids is 2. The third kappa shape index (κ3) is 3.90. The fraction of sp³-hybridized carbons (Fsp3) is 0.353. The molecule has 1 aromatic heterocycles. The van der Waals surface area contributed by atoms with E-state index in [1.54, 1.807) is 20.4 Å². The van der Waals surface area contributed by atoms with Crippen molar-refractivity contribution < 1.29 is 19.1 Å². The van der Waals surface area contributed by atoms with Crippen molar-refractivity contribution in [2.45, 2.75) is 13.0 Å². The highest BCUT2D eigenvalue weighted by Crippen LogP contribution is 2.31. The fourth-order valence-corrected chi connectivity index (χ4v) is 2.65. The van der Waals surface area contributed by atoms with E-state index in [4.69, 9.17) is 9.47 Å². The number of likely N-dealkylation sites (N-methyl/N-ethyl adjacent to an activating group) is 1. The van der Waals surface area contributed by atoms with Crippen LogP contribution in [-0.4, -0.2) is 42.4 Å². The lowest BCUT2D eigenvalue weighted by molar-refractivity contribution is -0.122. The average molecular weight is 344 g/mol. The van der Waals surface area contributed by atoms with Gasteiger partial charge in [0, 0.05) is 13.2 Å². The molecular formula is C17H20N4O4. The van der Waals surface area contributed by atoms with E-state index < -0.39 is 0 Å². The number of methoxy groups -OCH3 is 1. The lowest BCUT2D eigenvalue weighted by Gasteiger charge is -2.24. The van der Waals surface area contributed by atoms with Gasteiger partial charge in [0.15, 0.2) is 0 Å². The van der Waals surface area contributed by atoms with E-state index in [1.807, 2.05) is 18.2 Å². The van der Waals surface area contributed by atoms with Gasteiger partial charge >= 0.3 is 0 Å². The Bertz CT molecular complexity index is 787. The predicted molar refractivity (Wildman–Crippen MR) is 90.6 cm³/mol. The average Bonchev–Trinajstić information content (AvgIpc) is 3.07. The van der Waals surface area contributed by atoms with E-state index in [0.29, 0.717) is 18.7 Å². The molecule has 0 fully saturated rings. The Morgan fingerprint density at radius 1 is 1.44 bits per heavy atom. The summed E-state index contributed by atoms with van der Waals surface area (Å²) in [4.78, 5) is 23.8. The van der Waals surface area contributed by atoms with E-state index in [-0.39, 0.29) is 24.3 Å². The molecular weight excluding hydrogens is 324 g/mol. The van der Waals surface area contributed by atoms with E-state index in [0.717, 1.165) is 17.1 Å². The normalized spacial score (nSPS) is 15.7. The highest BCUT2D eigenvalue weighted by Gasteiger charge is 2.26. The Balaban J connectivity index is 1.63. The molecule has 132 valence electrons. The third-order valence-electron chi connectivity index (χ3n) is 4.03. The van der Waals surface area contributed by atoms with Gasteiger partial charge in [0.25, 0.3) is 0 Å². The van der Waals surface area contributed by atoms with Gasteiger partial charge in [0.2, 0.25) is 11.8 Å². The molecule has 1 aromatic carbocycles. The molecule has 1 aliphatic rings. The van der Waals surface area contributed by atoms with Crippen molar-refractivity contribution in [2.24, 2.45) is 5.92 Å². The number of anilines is 1. The molecule has 1 atom stereocenters. The first-order valence-electron chi connectivity index (χ1n) is 7.92. The van der Waals surface area contributed by atoms with Gasteiger partial charge in [-0.2, -0.15) is 5.10 Å². The molecule has 0 saturated carbocycles. The minimum Gasteiger partial charge on any atom is -0.497 e. The second-order valence-corrected chi connectivity index (χ2v) is 5.77. The molecule has 2 heterocycles. The summed E-state index contributed by atoms with van der Waals surface area (Å²) in [5, 5.41) is 9.39. The second kappa shape index (κ2) is 7.25. The van der Waals surface area contributed by atoms with Crippen LogP contribution < -0.4 is 20.1 Å². The molecule has 2 N–H and O–H groups in total. The van der Waals surface area contributed by atoms with Gasteiger partial charge < -0.3 is 20.1 Å². The van der Waals surface area contributed by atoms with Crippen molar-refractivity contribution in [1.82, 2.24) is 15.1 Å². The van der Waals surface area contributed by atoms with Crippen LogP contribution in [0.4, 0.5) is 5.69 Å². The summed E-state index contributed by atoms with van der Waals surface area (Å²) in [5.41, 5.74) is 1.49. The number of aromatic nitrogens is 2. The molecule has 25 heavy (non-hydrogen) atoms. The van der Waals surface area contributed by atoms with Gasteiger partial charge in [-0.15, -0.1) is 0 Å². The zero-order valence-electron chi connectivity index (χ0n) is 14.1. The first-order chi connectivity index (χ1) is 12.1. The second-order valence-electron chi connectivity index (χ2n) is 5.77. The zero-order valence-corrected chi connectivity index (χ0v) is 14.1. The fourth-order valence-electron chi connectivity index (χ4n) is 2.65. The third-order valence-corrected chi connectivity index (χ3v) is 4.03. The van der Waals surface area contributed by atoms with Crippen LogP contribution in [0.5, 0.6) is 11.5 Å². The predicted octanol–water partition coefficient (Wildman–Crippen LogP) is 0.827. The van der Waals surface area contributed by atoms with E-state index in [2.05, 4.69) is 15.7 Å². The number of nitrogens with one attached hydrogen (secondary N) is 2. The molecule has 0 aliphatic carbocycles. The summed E-state index contributed by atoms with van der Waals surface area (Å²) in [6.07, 6.45) is 3.71. The molecule has 8 heteroatoms. The van der Waals surface area contributed by atoms with Crippen LogP contribution >= 0.6 is 0 Å². The maximum absolute atomic E-state index is 12.5. The van der Waals surface area contributed by atoms with Gasteiger partial charge in [-0.1, -0.05) is 0 Å². The molecule has 1 unspecified atom stereocenters. The molecule has 0 bridgehead atoms. The highest BCUT2D eigenvalue weighted by atomic mass is 16.5. The minimum atomic E-state index is -0.304. The first kappa shape index (κ1) is 16.8. The number of benzene rings is 1. The molecule has 0 saturated heterocycles. The monoisotopic (exact) mass is 344 g/mol. The minimum absolute atomic E-state index is 0.103. The summed E-state index contributed by atoms with van der Waals surface area (Å²) in [7, 11) is 3.16. The lowest BCUT2D eigenvalue weighted by Crippen LogP contribution is -2.32. The molecule has 2 aromatic rings. The number of amides is 2. The Morgan fingerprint density at radius 2 is 2.28 bits per heavy atom. The number of hydrogen-bond acceptors (Lipinski definition) is 5. The summed E-state index contributed by atoms with van der Waals surface area (Å²) < 4.78 is 12.4. The number of rotatable bonds is 5. The van der Waals surface area contributed by atoms with Gasteiger partial charge in [-0.05, 0) is 30.2 Å². The van der Waals surface area contributed by atoms with Crippen molar-refractivity contribution in [1.29, 1.82) is 0 Å². The SMILES string of the molecule is CNC(=O)Cn1cc(NC(=O)C2COc3ccc(OC)cc3C2)cn1. The van der Waals surface area contributed by atoms with E-state index in [9.17, 15) is 9.59 Å². The Hall–Kier alpha value is -3.03. The van der Waals surface area contributed by atoms with Crippen LogP contribution in [0.25, 0.3) is 0 Å². The van der Waals surface area contributed by atoms with Crippen LogP contribution in [0, 0.1) is 5.92 Å². The molecule has 3 rings (SSSR count). The van der Waals surface area contributed by atoms with Gasteiger partial charge in [0.1, 0.15) is 24.7 Å². The van der Waals surface area contributed by atoms with Crippen molar-refractivity contribution >= 4 is 17.5 Å². The Labute approximate surface area is 145 Å². The summed E-state index contributed by atoms with van der Waals surface area (Å²) in [6.45, 7) is 0.420. The Kier molecular flexibility index (Phi) is 4.87. The van der Waals surface area contributed by atoms with Crippen LogP contribution in [0.1, 0.15) is 5.56 Å². The maximum atomic E-state index is 12.5. The number of fused-ring (bicyclic) bond motifs is 1. The number of hydrogen-bond donors (Lipinski definition) is 2. The van der Waals surface area contributed by atoms with Gasteiger partial charge in [-0.3, -0.25) is 14.3 Å². The van der Waals surface area contributed by atoms with Crippen LogP contribution in [0.15, 0.2) is 30.6 Å². The van der Waals surface area contributed by atoms with Gasteiger partial charge in [-0.25, -0.2) is 0 Å². The topological polar surface area (TPSA) is 94.5 Å². The van der Waals surface area contributed by atoms with Crippen LogP contribution in [0.2, 0.25) is 0 Å². The van der Waals surface area contributed by atoms with Crippen molar-refractivity contribution in [2.75, 3.05) is 26.1 Å². The molecule has 2 amide bonds. The maximum Gasteiger partial charge on any atom is 0.241 e. The van der Waals surface area contributed by atoms with Crippen molar-refractivity contribution in [3.8, 4) is 11.5 Å². The van der Waals surface area contributed by atoms with E-state index >= 15 is 0 Å². The van der Waals surface area contributed by atoms with Crippen LogP contribution in [-0.2, 0) is 22.6 Å². The molecule has 1 aliphatic heterocycles. The molecule has 8 nitrogen and oxygen atoms in total. The first-order valence-corrected chi connectivity index (χ1v) is 7.92. The molecule has 0 spiro atoms. The molecule has 0 radical (unpaired) electrons. The van der Waals surface area contributed by atoms with Gasteiger partial charge in [0.05, 0.1) is 24.9 Å². The van der Waals surface area contributed by atoms with Crippen molar-refractivity contribution in [3.05, 3.63) is 36.2 Å². The highest BCUT2D eigenvalue weighted by molar-refractivity contribution is 5.92. The quantitative estimate of drug-likeness (QED) is 0.838. The number of ether oxygens (including phenoxy) is 2. The summed E-state index contributed by atoms with van der Waals surface area (Å²) in [6, 6.07) is 5.57. The summed E-state index contributed by atoms with van der Waals surface area (Å²) in [5.74, 6) is 0.907. The van der Waals surface area contributed by atoms with E-state index in [1.165, 1.54) is 10.9 Å². The largest absolute Gasteiger partial charge is 0.497 e. The standard InChI is InChI=1S/C17H20N4O4/c1-18-16(22)9-21-8-13(7-19-21)20-17(23)12-5-11-6-14(24-2)3-4-15(11)25-10-12/h3-4,6-8,12H,5,9-10H2,1-2H3,(H,18,22)(H,20,23).